The second-order valence-electron chi connectivity index (χ2n) is 7.01. The predicted molar refractivity (Wildman–Crippen MR) is 140 cm³/mol. The topological polar surface area (TPSA) is 51.1 Å². The Bertz CT molecular complexity index is 1200. The maximum atomic E-state index is 13.5. The fourth-order valence-electron chi connectivity index (χ4n) is 3.34. The summed E-state index contributed by atoms with van der Waals surface area (Å²) in [5.41, 5.74) is 2.40. The number of ether oxygens (including phenoxy) is 2. The van der Waals surface area contributed by atoms with Gasteiger partial charge in [-0.05, 0) is 89.6 Å². The van der Waals surface area contributed by atoms with Gasteiger partial charge in [0.05, 0.1) is 34.0 Å². The second-order valence-corrected chi connectivity index (χ2v) is 8.88. The SMILES string of the molecule is CCOc1cc(/C=C2\SC(=Nc3ccccc3)N(c3ccccc3)C2=O)cc(Br)c1OCC. The van der Waals surface area contributed by atoms with Gasteiger partial charge < -0.3 is 9.47 Å². The van der Waals surface area contributed by atoms with Crippen molar-refractivity contribution in [2.24, 2.45) is 4.99 Å². The zero-order chi connectivity index (χ0) is 23.2. The number of rotatable bonds is 7. The molecule has 0 aliphatic carbocycles. The lowest BCUT2D eigenvalue weighted by Gasteiger charge is -2.15. The Balaban J connectivity index is 1.75. The molecule has 33 heavy (non-hydrogen) atoms. The summed E-state index contributed by atoms with van der Waals surface area (Å²) in [4.78, 5) is 20.4. The van der Waals surface area contributed by atoms with Gasteiger partial charge in [0.15, 0.2) is 16.7 Å². The van der Waals surface area contributed by atoms with Crippen LogP contribution in [-0.2, 0) is 4.79 Å². The summed E-state index contributed by atoms with van der Waals surface area (Å²) < 4.78 is 12.3. The molecule has 1 aliphatic rings. The van der Waals surface area contributed by atoms with E-state index in [9.17, 15) is 4.79 Å². The molecule has 0 bridgehead atoms. The highest BCUT2D eigenvalue weighted by atomic mass is 79.9. The summed E-state index contributed by atoms with van der Waals surface area (Å²) in [6.07, 6.45) is 1.86. The van der Waals surface area contributed by atoms with Gasteiger partial charge >= 0.3 is 0 Å². The van der Waals surface area contributed by atoms with Crippen LogP contribution in [0.5, 0.6) is 11.5 Å². The summed E-state index contributed by atoms with van der Waals surface area (Å²) in [7, 11) is 0. The standard InChI is InChI=1S/C26H23BrN2O3S/c1-3-31-22-16-18(15-21(27)24(22)32-4-2)17-23-25(30)29(20-13-9-6-10-14-20)26(33-23)28-19-11-7-5-8-12-19/h5-17H,3-4H2,1-2H3/b23-17-,28-26?. The van der Waals surface area contributed by atoms with Crippen molar-refractivity contribution in [3.63, 3.8) is 0 Å². The van der Waals surface area contributed by atoms with Crippen molar-refractivity contribution in [1.82, 2.24) is 0 Å². The minimum absolute atomic E-state index is 0.121. The maximum absolute atomic E-state index is 13.5. The number of amidine groups is 1. The lowest BCUT2D eigenvalue weighted by molar-refractivity contribution is -0.113. The van der Waals surface area contributed by atoms with Crippen LogP contribution in [0.25, 0.3) is 6.08 Å². The van der Waals surface area contributed by atoms with Crippen LogP contribution in [0.2, 0.25) is 0 Å². The Morgan fingerprint density at radius 3 is 2.30 bits per heavy atom. The first-order valence-corrected chi connectivity index (χ1v) is 12.2. The van der Waals surface area contributed by atoms with E-state index in [2.05, 4.69) is 15.9 Å². The van der Waals surface area contributed by atoms with E-state index in [0.29, 0.717) is 34.8 Å². The fraction of sp³-hybridized carbons (Fsp3) is 0.154. The molecule has 4 rings (SSSR count). The summed E-state index contributed by atoms with van der Waals surface area (Å²) in [6, 6.07) is 23.0. The summed E-state index contributed by atoms with van der Waals surface area (Å²) in [5.74, 6) is 1.17. The number of hydrogen-bond acceptors (Lipinski definition) is 5. The highest BCUT2D eigenvalue weighted by Gasteiger charge is 2.34. The van der Waals surface area contributed by atoms with Gasteiger partial charge in [0.1, 0.15) is 0 Å². The molecule has 0 unspecified atom stereocenters. The lowest BCUT2D eigenvalue weighted by Crippen LogP contribution is -2.28. The van der Waals surface area contributed by atoms with Crippen LogP contribution in [0.3, 0.4) is 0 Å². The molecular formula is C26H23BrN2O3S. The van der Waals surface area contributed by atoms with E-state index >= 15 is 0 Å². The number of para-hydroxylation sites is 2. The average molecular weight is 523 g/mol. The number of carbonyl (C=O) groups is 1. The van der Waals surface area contributed by atoms with E-state index in [1.807, 2.05) is 92.7 Å². The number of amides is 1. The normalized spacial score (nSPS) is 16.0. The number of carbonyl (C=O) groups excluding carboxylic acids is 1. The molecule has 0 radical (unpaired) electrons. The van der Waals surface area contributed by atoms with Crippen LogP contribution in [0.4, 0.5) is 11.4 Å². The van der Waals surface area contributed by atoms with Gasteiger partial charge in [-0.15, -0.1) is 0 Å². The minimum Gasteiger partial charge on any atom is -0.490 e. The first-order chi connectivity index (χ1) is 16.1. The number of anilines is 1. The molecule has 1 saturated heterocycles. The number of aliphatic imine (C=N–C) groups is 1. The molecule has 1 amide bonds. The Labute approximate surface area is 206 Å². The number of nitrogens with zero attached hydrogens (tertiary/aromatic N) is 2. The van der Waals surface area contributed by atoms with Crippen LogP contribution >= 0.6 is 27.7 Å². The molecule has 0 aromatic heterocycles. The van der Waals surface area contributed by atoms with Gasteiger partial charge in [0, 0.05) is 0 Å². The second kappa shape index (κ2) is 10.7. The van der Waals surface area contributed by atoms with Crippen LogP contribution in [0.1, 0.15) is 19.4 Å². The molecule has 0 saturated carbocycles. The molecule has 0 spiro atoms. The first kappa shape index (κ1) is 23.1. The van der Waals surface area contributed by atoms with E-state index in [1.54, 1.807) is 4.90 Å². The molecule has 1 aliphatic heterocycles. The molecule has 3 aromatic rings. The molecule has 3 aromatic carbocycles. The van der Waals surface area contributed by atoms with Gasteiger partial charge in [0.2, 0.25) is 0 Å². The van der Waals surface area contributed by atoms with Gasteiger partial charge in [-0.25, -0.2) is 4.99 Å². The molecule has 5 nitrogen and oxygen atoms in total. The molecule has 0 N–H and O–H groups in total. The average Bonchev–Trinajstić information content (AvgIpc) is 3.12. The van der Waals surface area contributed by atoms with Crippen molar-refractivity contribution in [3.05, 3.63) is 87.7 Å². The van der Waals surface area contributed by atoms with E-state index < -0.39 is 0 Å². The predicted octanol–water partition coefficient (Wildman–Crippen LogP) is 7.06. The first-order valence-electron chi connectivity index (χ1n) is 10.6. The third-order valence-electron chi connectivity index (χ3n) is 4.72. The quantitative estimate of drug-likeness (QED) is 0.311. The zero-order valence-electron chi connectivity index (χ0n) is 18.3. The van der Waals surface area contributed by atoms with E-state index in [-0.39, 0.29) is 5.91 Å². The van der Waals surface area contributed by atoms with Crippen molar-refractivity contribution in [1.29, 1.82) is 0 Å². The number of benzene rings is 3. The van der Waals surface area contributed by atoms with Gasteiger partial charge in [-0.1, -0.05) is 36.4 Å². The number of thioether (sulfide) groups is 1. The van der Waals surface area contributed by atoms with Crippen LogP contribution in [0, 0.1) is 0 Å². The molecule has 0 atom stereocenters. The molecule has 168 valence electrons. The van der Waals surface area contributed by atoms with Crippen LogP contribution in [0.15, 0.2) is 87.2 Å². The summed E-state index contributed by atoms with van der Waals surface area (Å²) in [5, 5.41) is 0.610. The largest absolute Gasteiger partial charge is 0.490 e. The maximum Gasteiger partial charge on any atom is 0.271 e. The third kappa shape index (κ3) is 5.31. The van der Waals surface area contributed by atoms with E-state index in [4.69, 9.17) is 14.5 Å². The Morgan fingerprint density at radius 2 is 1.64 bits per heavy atom. The monoisotopic (exact) mass is 522 g/mol. The Kier molecular flexibility index (Phi) is 7.52. The Hall–Kier alpha value is -3.03. The van der Waals surface area contributed by atoms with Gasteiger partial charge in [0.25, 0.3) is 5.91 Å². The smallest absolute Gasteiger partial charge is 0.271 e. The molecular weight excluding hydrogens is 500 g/mol. The van der Waals surface area contributed by atoms with Gasteiger partial charge in [-0.3, -0.25) is 9.69 Å². The van der Waals surface area contributed by atoms with E-state index in [0.717, 1.165) is 21.4 Å². The zero-order valence-corrected chi connectivity index (χ0v) is 20.7. The summed E-state index contributed by atoms with van der Waals surface area (Å²) in [6.45, 7) is 4.89. The summed E-state index contributed by atoms with van der Waals surface area (Å²) >= 11 is 4.93. The third-order valence-corrected chi connectivity index (χ3v) is 6.28. The van der Waals surface area contributed by atoms with Crippen molar-refractivity contribution in [2.75, 3.05) is 18.1 Å². The van der Waals surface area contributed by atoms with Crippen LogP contribution in [-0.4, -0.2) is 24.3 Å². The number of halogens is 1. The molecule has 1 heterocycles. The highest BCUT2D eigenvalue weighted by molar-refractivity contribution is 9.10. The molecule has 7 heteroatoms. The van der Waals surface area contributed by atoms with Crippen molar-refractivity contribution < 1.29 is 14.3 Å². The number of hydrogen-bond donors (Lipinski definition) is 0. The van der Waals surface area contributed by atoms with Crippen molar-refractivity contribution in [3.8, 4) is 11.5 Å². The van der Waals surface area contributed by atoms with E-state index in [1.165, 1.54) is 11.8 Å². The Morgan fingerprint density at radius 1 is 0.970 bits per heavy atom. The van der Waals surface area contributed by atoms with Crippen molar-refractivity contribution in [2.45, 2.75) is 13.8 Å². The minimum atomic E-state index is -0.121. The lowest BCUT2D eigenvalue weighted by atomic mass is 10.1. The fourth-order valence-corrected chi connectivity index (χ4v) is 4.91. The van der Waals surface area contributed by atoms with Crippen molar-refractivity contribution >= 4 is 56.2 Å². The molecule has 1 fully saturated rings. The van der Waals surface area contributed by atoms with Gasteiger partial charge in [-0.2, -0.15) is 0 Å². The highest BCUT2D eigenvalue weighted by Crippen LogP contribution is 2.40. The van der Waals surface area contributed by atoms with Crippen LogP contribution < -0.4 is 14.4 Å².